The summed E-state index contributed by atoms with van der Waals surface area (Å²) in [4.78, 5) is 12.8. The molecule has 4 fully saturated rings. The molecule has 0 aliphatic heterocycles. The Morgan fingerprint density at radius 3 is 2.43 bits per heavy atom. The molecule has 0 radical (unpaired) electrons. The predicted molar refractivity (Wildman–Crippen MR) is 98.6 cm³/mol. The van der Waals surface area contributed by atoms with Gasteiger partial charge in [0.15, 0.2) is 0 Å². The molecule has 0 bridgehead atoms. The van der Waals surface area contributed by atoms with Crippen LogP contribution in [0, 0.1) is 39.9 Å². The smallest absolute Gasteiger partial charge is 0.147 e. The topological polar surface area (TPSA) is 17.1 Å². The number of rotatable bonds is 0. The maximum absolute atomic E-state index is 12.8. The third-order valence-electron chi connectivity index (χ3n) is 9.04. The molecule has 23 heavy (non-hydrogen) atoms. The van der Waals surface area contributed by atoms with Gasteiger partial charge in [-0.05, 0) is 78.4 Å². The second-order valence-corrected chi connectivity index (χ2v) is 11.3. The fourth-order valence-electron chi connectivity index (χ4n) is 7.98. The molecule has 0 aromatic rings. The van der Waals surface area contributed by atoms with E-state index in [0.29, 0.717) is 17.1 Å². The highest BCUT2D eigenvalue weighted by atomic mass is 79.9. The molecule has 130 valence electrons. The lowest BCUT2D eigenvalue weighted by atomic mass is 9.41. The summed E-state index contributed by atoms with van der Waals surface area (Å²) in [7, 11) is 0. The number of hydrogen-bond donors (Lipinski definition) is 0. The molecular formula is C21H33BrO. The van der Waals surface area contributed by atoms with Crippen LogP contribution in [0.2, 0.25) is 0 Å². The molecule has 0 unspecified atom stereocenters. The molecule has 0 heterocycles. The highest BCUT2D eigenvalue weighted by Crippen LogP contribution is 2.68. The van der Waals surface area contributed by atoms with Gasteiger partial charge in [-0.15, -0.1) is 0 Å². The van der Waals surface area contributed by atoms with Crippen LogP contribution in [-0.2, 0) is 4.79 Å². The van der Waals surface area contributed by atoms with Crippen LogP contribution in [0.4, 0.5) is 0 Å². The molecule has 4 rings (SSSR count). The first-order chi connectivity index (χ1) is 10.7. The minimum Gasteiger partial charge on any atom is -0.298 e. The quantitative estimate of drug-likeness (QED) is 0.471. The lowest BCUT2D eigenvalue weighted by Crippen LogP contribution is -2.60. The second-order valence-electron chi connectivity index (χ2n) is 10.4. The van der Waals surface area contributed by atoms with Crippen molar-refractivity contribution in [3.8, 4) is 0 Å². The van der Waals surface area contributed by atoms with Crippen molar-refractivity contribution in [1.29, 1.82) is 0 Å². The molecule has 0 aromatic heterocycles. The van der Waals surface area contributed by atoms with Crippen LogP contribution >= 0.6 is 15.9 Å². The Bertz CT molecular complexity index is 526. The third-order valence-corrected chi connectivity index (χ3v) is 10.7. The van der Waals surface area contributed by atoms with Crippen molar-refractivity contribution < 1.29 is 4.79 Å². The van der Waals surface area contributed by atoms with Crippen LogP contribution < -0.4 is 0 Å². The predicted octanol–water partition coefficient (Wildman–Crippen LogP) is 6.00. The fraction of sp³-hybridized carbons (Fsp3) is 0.952. The van der Waals surface area contributed by atoms with E-state index in [1.54, 1.807) is 0 Å². The number of halogens is 1. The summed E-state index contributed by atoms with van der Waals surface area (Å²) in [5, 5.41) is 0. The first kappa shape index (κ1) is 16.6. The van der Waals surface area contributed by atoms with Crippen molar-refractivity contribution in [2.24, 2.45) is 39.9 Å². The maximum atomic E-state index is 12.8. The molecule has 4 saturated carbocycles. The van der Waals surface area contributed by atoms with E-state index < -0.39 is 0 Å². The summed E-state index contributed by atoms with van der Waals surface area (Å²) < 4.78 is 0. The summed E-state index contributed by atoms with van der Waals surface area (Å²) in [6, 6.07) is 0. The number of ketones is 1. The van der Waals surface area contributed by atoms with Crippen molar-refractivity contribution >= 4 is 21.7 Å². The standard InChI is InChI=1S/C21H33BrO/c1-19(2)17-8-7-13-14-6-5-10-20(14,3)11-9-15(13)21(17,4)12-16(23)18(19)22/h13-15,17-18H,5-12H2,1-4H3/t13-,14-,15-,17-,18+,20-,21+/m0/s1. The number of carbonyl (C=O) groups excluding carboxylic acids is 1. The van der Waals surface area contributed by atoms with E-state index in [2.05, 4.69) is 43.6 Å². The summed E-state index contributed by atoms with van der Waals surface area (Å²) in [6.07, 6.45) is 10.7. The Morgan fingerprint density at radius 2 is 1.70 bits per heavy atom. The van der Waals surface area contributed by atoms with E-state index in [9.17, 15) is 4.79 Å². The van der Waals surface area contributed by atoms with Crippen LogP contribution in [0.25, 0.3) is 0 Å². The van der Waals surface area contributed by atoms with E-state index in [1.165, 1.54) is 44.9 Å². The minimum absolute atomic E-state index is 0.0601. The Kier molecular flexibility index (Phi) is 3.67. The van der Waals surface area contributed by atoms with E-state index in [1.807, 2.05) is 0 Å². The van der Waals surface area contributed by atoms with Gasteiger partial charge in [-0.2, -0.15) is 0 Å². The van der Waals surface area contributed by atoms with Crippen LogP contribution in [0.15, 0.2) is 0 Å². The van der Waals surface area contributed by atoms with Crippen LogP contribution in [0.5, 0.6) is 0 Å². The zero-order valence-electron chi connectivity index (χ0n) is 15.3. The highest BCUT2D eigenvalue weighted by Gasteiger charge is 2.63. The van der Waals surface area contributed by atoms with Crippen molar-refractivity contribution in [3.63, 3.8) is 0 Å². The number of carbonyl (C=O) groups is 1. The van der Waals surface area contributed by atoms with E-state index in [0.717, 1.165) is 24.2 Å². The van der Waals surface area contributed by atoms with Gasteiger partial charge in [0.2, 0.25) is 0 Å². The Morgan fingerprint density at radius 1 is 0.957 bits per heavy atom. The van der Waals surface area contributed by atoms with Crippen molar-refractivity contribution in [1.82, 2.24) is 0 Å². The average molecular weight is 381 g/mol. The van der Waals surface area contributed by atoms with Gasteiger partial charge in [-0.3, -0.25) is 4.79 Å². The molecule has 0 N–H and O–H groups in total. The lowest BCUT2D eigenvalue weighted by Gasteiger charge is -2.63. The van der Waals surface area contributed by atoms with Crippen molar-refractivity contribution in [2.75, 3.05) is 0 Å². The van der Waals surface area contributed by atoms with Gasteiger partial charge in [0.25, 0.3) is 0 Å². The number of hydrogen-bond acceptors (Lipinski definition) is 1. The van der Waals surface area contributed by atoms with Gasteiger partial charge >= 0.3 is 0 Å². The normalized spacial score (nSPS) is 55.0. The van der Waals surface area contributed by atoms with Gasteiger partial charge in [-0.1, -0.05) is 50.0 Å². The highest BCUT2D eigenvalue weighted by molar-refractivity contribution is 9.10. The van der Waals surface area contributed by atoms with E-state index in [4.69, 9.17) is 0 Å². The SMILES string of the molecule is CC1(C)[C@H](Br)C(=O)C[C@]2(C)[C@H]3CC[C@]4(C)CCC[C@H]4[C@@H]3CC[C@@H]12. The summed E-state index contributed by atoms with van der Waals surface area (Å²) in [5.74, 6) is 3.80. The van der Waals surface area contributed by atoms with Crippen molar-refractivity contribution in [3.05, 3.63) is 0 Å². The van der Waals surface area contributed by atoms with Gasteiger partial charge in [0.1, 0.15) is 5.78 Å². The molecule has 0 spiro atoms. The Labute approximate surface area is 150 Å². The molecule has 0 saturated heterocycles. The average Bonchev–Trinajstić information content (AvgIpc) is 2.86. The molecule has 7 atom stereocenters. The number of fused-ring (bicyclic) bond motifs is 5. The van der Waals surface area contributed by atoms with E-state index >= 15 is 0 Å². The Hall–Kier alpha value is 0.150. The summed E-state index contributed by atoms with van der Waals surface area (Å²) in [6.45, 7) is 9.74. The maximum Gasteiger partial charge on any atom is 0.147 e. The van der Waals surface area contributed by atoms with Gasteiger partial charge in [-0.25, -0.2) is 0 Å². The molecule has 1 nitrogen and oxygen atoms in total. The van der Waals surface area contributed by atoms with Gasteiger partial charge in [0.05, 0.1) is 4.83 Å². The van der Waals surface area contributed by atoms with Gasteiger partial charge in [0, 0.05) is 6.42 Å². The number of alkyl halides is 1. The van der Waals surface area contributed by atoms with E-state index in [-0.39, 0.29) is 15.7 Å². The van der Waals surface area contributed by atoms with Crippen LogP contribution in [0.3, 0.4) is 0 Å². The third kappa shape index (κ3) is 2.12. The zero-order chi connectivity index (χ0) is 16.6. The van der Waals surface area contributed by atoms with Crippen molar-refractivity contribution in [2.45, 2.75) is 83.9 Å². The number of Topliss-reactive ketones (excluding diaryl/α,β-unsaturated/α-hetero) is 1. The van der Waals surface area contributed by atoms with Gasteiger partial charge < -0.3 is 0 Å². The van der Waals surface area contributed by atoms with Crippen LogP contribution in [0.1, 0.15) is 79.1 Å². The molecule has 4 aliphatic carbocycles. The fourth-order valence-corrected chi connectivity index (χ4v) is 8.46. The minimum atomic E-state index is 0.0601. The zero-order valence-corrected chi connectivity index (χ0v) is 16.9. The summed E-state index contributed by atoms with van der Waals surface area (Å²) >= 11 is 3.75. The second kappa shape index (κ2) is 5.08. The Balaban J connectivity index is 1.70. The first-order valence-corrected chi connectivity index (χ1v) is 10.8. The molecular weight excluding hydrogens is 348 g/mol. The molecule has 4 aliphatic rings. The van der Waals surface area contributed by atoms with Crippen LogP contribution in [-0.4, -0.2) is 10.6 Å². The molecule has 2 heteroatoms. The lowest BCUT2D eigenvalue weighted by molar-refractivity contribution is -0.156. The molecule has 0 aromatic carbocycles. The first-order valence-electron chi connectivity index (χ1n) is 9.87. The molecule has 0 amide bonds. The monoisotopic (exact) mass is 380 g/mol. The summed E-state index contributed by atoms with van der Waals surface area (Å²) in [5.41, 5.74) is 0.972. The largest absolute Gasteiger partial charge is 0.298 e.